The summed E-state index contributed by atoms with van der Waals surface area (Å²) in [5.74, 6) is -0.248. The molecular weight excluding hydrogens is 353 g/mol. The molecule has 136 valence electrons. The van der Waals surface area contributed by atoms with Crippen molar-refractivity contribution < 1.29 is 22.7 Å². The lowest BCUT2D eigenvalue weighted by Crippen LogP contribution is -2.37. The summed E-state index contributed by atoms with van der Waals surface area (Å²) in [4.78, 5) is 15.1. The van der Waals surface area contributed by atoms with Gasteiger partial charge in [0.25, 0.3) is 0 Å². The van der Waals surface area contributed by atoms with Crippen molar-refractivity contribution >= 4 is 23.9 Å². The number of nitrogens with one attached hydrogen (secondary N) is 3. The van der Waals surface area contributed by atoms with Crippen molar-refractivity contribution in [3.63, 3.8) is 0 Å². The molecule has 0 fully saturated rings. The average Bonchev–Trinajstić information content (AvgIpc) is 3.14. The first-order valence-electron chi connectivity index (χ1n) is 7.32. The quantitative estimate of drug-likeness (QED) is 0.771. The van der Waals surface area contributed by atoms with Gasteiger partial charge in [0.2, 0.25) is 0 Å². The Bertz CT molecular complexity index is 827. The van der Waals surface area contributed by atoms with E-state index >= 15 is 0 Å². The minimum atomic E-state index is -4.59. The Morgan fingerprint density at radius 3 is 2.77 bits per heavy atom. The van der Waals surface area contributed by atoms with Crippen molar-refractivity contribution in [2.45, 2.75) is 12.8 Å². The van der Waals surface area contributed by atoms with Crippen LogP contribution in [0.5, 0.6) is 0 Å². The molecule has 0 atom stereocenters. The highest BCUT2D eigenvalue weighted by atomic mass is 19.4. The standard InChI is InChI=1S/C15H13F3N6O2/c16-15(17,18)12-5-2-6-13(20-12)21-14(25)26-8-10-3-1-4-11(7-10)24-9-19-22-23-24/h1-7,9,22-23H,8H2,(H,20,21,25). The molecule has 3 N–H and O–H groups in total. The SMILES string of the molecule is O=C(Nc1cccc(C(F)(F)F)n1)OCc1cccc(N2C=NNN2)c1. The molecule has 8 nitrogen and oxygen atoms in total. The third-order valence-corrected chi connectivity index (χ3v) is 3.24. The van der Waals surface area contributed by atoms with E-state index in [0.29, 0.717) is 5.56 Å². The van der Waals surface area contributed by atoms with Crippen LogP contribution in [-0.4, -0.2) is 17.4 Å². The molecule has 2 aromatic rings. The van der Waals surface area contributed by atoms with Crippen LogP contribution in [-0.2, 0) is 17.5 Å². The number of hydrazine groups is 2. The van der Waals surface area contributed by atoms with E-state index in [0.717, 1.165) is 17.8 Å². The third kappa shape index (κ3) is 4.39. The molecule has 0 saturated carbocycles. The van der Waals surface area contributed by atoms with Crippen LogP contribution in [0.25, 0.3) is 0 Å². The second-order valence-corrected chi connectivity index (χ2v) is 5.12. The van der Waals surface area contributed by atoms with Crippen molar-refractivity contribution in [2.24, 2.45) is 5.10 Å². The number of alkyl halides is 3. The van der Waals surface area contributed by atoms with Gasteiger partial charge in [-0.1, -0.05) is 18.2 Å². The average molecular weight is 366 g/mol. The molecule has 3 rings (SSSR count). The van der Waals surface area contributed by atoms with Crippen LogP contribution >= 0.6 is 0 Å². The maximum absolute atomic E-state index is 12.6. The van der Waals surface area contributed by atoms with Crippen molar-refractivity contribution in [1.82, 2.24) is 16.1 Å². The summed E-state index contributed by atoms with van der Waals surface area (Å²) in [5, 5.41) is 7.55. The first-order valence-corrected chi connectivity index (χ1v) is 7.32. The van der Waals surface area contributed by atoms with Gasteiger partial charge in [0.15, 0.2) is 0 Å². The van der Waals surface area contributed by atoms with Gasteiger partial charge >= 0.3 is 12.3 Å². The molecule has 0 radical (unpaired) electrons. The monoisotopic (exact) mass is 366 g/mol. The normalized spacial score (nSPS) is 13.4. The number of pyridine rings is 1. The maximum Gasteiger partial charge on any atom is 0.433 e. The molecule has 11 heteroatoms. The predicted molar refractivity (Wildman–Crippen MR) is 86.7 cm³/mol. The third-order valence-electron chi connectivity index (χ3n) is 3.24. The number of hydrazone groups is 1. The zero-order chi connectivity index (χ0) is 18.6. The lowest BCUT2D eigenvalue weighted by molar-refractivity contribution is -0.141. The van der Waals surface area contributed by atoms with E-state index in [1.807, 2.05) is 6.07 Å². The summed E-state index contributed by atoms with van der Waals surface area (Å²) in [6, 6.07) is 10.3. The fourth-order valence-electron chi connectivity index (χ4n) is 2.08. The summed E-state index contributed by atoms with van der Waals surface area (Å²) < 4.78 is 42.8. The summed E-state index contributed by atoms with van der Waals surface area (Å²) in [6.07, 6.45) is -3.99. The van der Waals surface area contributed by atoms with Crippen LogP contribution in [0.1, 0.15) is 11.3 Å². The van der Waals surface area contributed by atoms with Crippen LogP contribution in [0.3, 0.4) is 0 Å². The van der Waals surface area contributed by atoms with E-state index in [2.05, 4.69) is 26.5 Å². The highest BCUT2D eigenvalue weighted by molar-refractivity contribution is 5.83. The Hall–Kier alpha value is -3.34. The molecule has 0 saturated heterocycles. The van der Waals surface area contributed by atoms with E-state index in [-0.39, 0.29) is 12.4 Å². The topological polar surface area (TPSA) is 90.9 Å². The van der Waals surface area contributed by atoms with Gasteiger partial charge in [-0.25, -0.2) is 20.3 Å². The van der Waals surface area contributed by atoms with Gasteiger partial charge < -0.3 is 4.74 Å². The lowest BCUT2D eigenvalue weighted by Gasteiger charge is -2.14. The van der Waals surface area contributed by atoms with Gasteiger partial charge in [-0.05, 0) is 29.8 Å². The van der Waals surface area contributed by atoms with Crippen molar-refractivity contribution in [2.75, 3.05) is 10.3 Å². The largest absolute Gasteiger partial charge is 0.444 e. The molecule has 1 amide bonds. The highest BCUT2D eigenvalue weighted by Crippen LogP contribution is 2.28. The summed E-state index contributed by atoms with van der Waals surface area (Å²) in [5.41, 5.74) is 5.63. The minimum Gasteiger partial charge on any atom is -0.444 e. The molecule has 0 bridgehead atoms. The number of nitrogens with zero attached hydrogens (tertiary/aromatic N) is 3. The van der Waals surface area contributed by atoms with Gasteiger partial charge in [-0.2, -0.15) is 18.3 Å². The maximum atomic E-state index is 12.6. The summed E-state index contributed by atoms with van der Waals surface area (Å²) in [6.45, 7) is -0.0724. The number of rotatable bonds is 4. The number of hydrogen-bond acceptors (Lipinski definition) is 7. The fourth-order valence-corrected chi connectivity index (χ4v) is 2.08. The van der Waals surface area contributed by atoms with Crippen LogP contribution in [0.15, 0.2) is 47.6 Å². The van der Waals surface area contributed by atoms with Crippen molar-refractivity contribution in [1.29, 1.82) is 0 Å². The Balaban J connectivity index is 1.58. The van der Waals surface area contributed by atoms with Crippen LogP contribution < -0.4 is 21.4 Å². The Morgan fingerprint density at radius 1 is 1.23 bits per heavy atom. The molecule has 0 aliphatic carbocycles. The lowest BCUT2D eigenvalue weighted by atomic mass is 10.2. The number of halogens is 3. The Kier molecular flexibility index (Phi) is 4.89. The Morgan fingerprint density at radius 2 is 2.04 bits per heavy atom. The van der Waals surface area contributed by atoms with Crippen molar-refractivity contribution in [3.8, 4) is 0 Å². The molecule has 0 unspecified atom stereocenters. The number of carbonyl (C=O) groups is 1. The van der Waals surface area contributed by atoms with Gasteiger partial charge in [-0.3, -0.25) is 5.32 Å². The number of ether oxygens (including phenoxy) is 1. The van der Waals surface area contributed by atoms with Crippen LogP contribution in [0.4, 0.5) is 29.5 Å². The van der Waals surface area contributed by atoms with Crippen molar-refractivity contribution in [3.05, 3.63) is 53.7 Å². The summed E-state index contributed by atoms with van der Waals surface area (Å²) >= 11 is 0. The second kappa shape index (κ2) is 7.27. The molecule has 0 spiro atoms. The van der Waals surface area contributed by atoms with E-state index in [9.17, 15) is 18.0 Å². The van der Waals surface area contributed by atoms with E-state index in [4.69, 9.17) is 4.74 Å². The number of carbonyl (C=O) groups excluding carboxylic acids is 1. The molecule has 26 heavy (non-hydrogen) atoms. The van der Waals surface area contributed by atoms with Crippen LogP contribution in [0.2, 0.25) is 0 Å². The molecular formula is C15H13F3N6O2. The number of hydrogen-bond donors (Lipinski definition) is 3. The molecule has 2 heterocycles. The number of benzene rings is 1. The molecule has 1 aliphatic heterocycles. The first-order chi connectivity index (χ1) is 12.4. The predicted octanol–water partition coefficient (Wildman–Crippen LogP) is 2.62. The van der Waals surface area contributed by atoms with E-state index in [1.165, 1.54) is 12.4 Å². The molecule has 1 aromatic carbocycles. The van der Waals surface area contributed by atoms with E-state index in [1.54, 1.807) is 23.2 Å². The smallest absolute Gasteiger partial charge is 0.433 e. The molecule has 1 aromatic heterocycles. The number of aromatic nitrogens is 1. The first kappa shape index (κ1) is 17.5. The fraction of sp³-hybridized carbons (Fsp3) is 0.133. The minimum absolute atomic E-state index is 0.0724. The van der Waals surface area contributed by atoms with Crippen LogP contribution in [0, 0.1) is 0 Å². The van der Waals surface area contributed by atoms with E-state index < -0.39 is 18.0 Å². The van der Waals surface area contributed by atoms with Gasteiger partial charge in [0.05, 0.1) is 5.69 Å². The van der Waals surface area contributed by atoms with Gasteiger partial charge in [0, 0.05) is 0 Å². The zero-order valence-electron chi connectivity index (χ0n) is 13.1. The van der Waals surface area contributed by atoms with Gasteiger partial charge in [-0.15, -0.1) is 5.53 Å². The summed E-state index contributed by atoms with van der Waals surface area (Å²) in [7, 11) is 0. The number of anilines is 2. The zero-order valence-corrected chi connectivity index (χ0v) is 13.1. The van der Waals surface area contributed by atoms with Gasteiger partial charge in [0.1, 0.15) is 24.5 Å². The Labute approximate surface area is 145 Å². The molecule has 1 aliphatic rings. The highest BCUT2D eigenvalue weighted by Gasteiger charge is 2.32. The number of amides is 1. The second-order valence-electron chi connectivity index (χ2n) is 5.12.